The van der Waals surface area contributed by atoms with Crippen molar-refractivity contribution in [3.05, 3.63) is 47.5 Å². The Morgan fingerprint density at radius 3 is 2.71 bits per heavy atom. The van der Waals surface area contributed by atoms with Gasteiger partial charge in [-0.25, -0.2) is 0 Å². The van der Waals surface area contributed by atoms with E-state index in [-0.39, 0.29) is 12.4 Å². The SMILES string of the molecule is O=C(COCc1ccccc1)C1=CCCCC1. The number of carbonyl (C=O) groups is 1. The van der Waals surface area contributed by atoms with Crippen LogP contribution >= 0.6 is 0 Å². The van der Waals surface area contributed by atoms with Gasteiger partial charge in [0.25, 0.3) is 0 Å². The van der Waals surface area contributed by atoms with E-state index in [4.69, 9.17) is 4.74 Å². The molecular weight excluding hydrogens is 212 g/mol. The number of Topliss-reactive ketones (excluding diaryl/α,β-unsaturated/α-hetero) is 1. The lowest BCUT2D eigenvalue weighted by Crippen LogP contribution is -2.13. The summed E-state index contributed by atoms with van der Waals surface area (Å²) < 4.78 is 5.44. The fraction of sp³-hybridized carbons (Fsp3) is 0.400. The summed E-state index contributed by atoms with van der Waals surface area (Å²) in [5, 5.41) is 0. The average molecular weight is 230 g/mol. The minimum Gasteiger partial charge on any atom is -0.369 e. The third-order valence-corrected chi connectivity index (χ3v) is 2.99. The maximum absolute atomic E-state index is 11.8. The highest BCUT2D eigenvalue weighted by atomic mass is 16.5. The molecule has 0 spiro atoms. The number of benzene rings is 1. The molecule has 1 aromatic carbocycles. The van der Waals surface area contributed by atoms with Crippen molar-refractivity contribution in [3.8, 4) is 0 Å². The molecular formula is C15H18O2. The van der Waals surface area contributed by atoms with Gasteiger partial charge in [-0.2, -0.15) is 0 Å². The smallest absolute Gasteiger partial charge is 0.184 e. The van der Waals surface area contributed by atoms with Gasteiger partial charge >= 0.3 is 0 Å². The Morgan fingerprint density at radius 1 is 1.18 bits per heavy atom. The molecule has 0 atom stereocenters. The van der Waals surface area contributed by atoms with E-state index in [9.17, 15) is 4.79 Å². The molecule has 0 radical (unpaired) electrons. The van der Waals surface area contributed by atoms with Crippen molar-refractivity contribution in [2.45, 2.75) is 32.3 Å². The zero-order chi connectivity index (χ0) is 11.9. The number of ether oxygens (including phenoxy) is 1. The third-order valence-electron chi connectivity index (χ3n) is 2.99. The quantitative estimate of drug-likeness (QED) is 0.776. The van der Waals surface area contributed by atoms with E-state index >= 15 is 0 Å². The van der Waals surface area contributed by atoms with Gasteiger partial charge < -0.3 is 4.74 Å². The van der Waals surface area contributed by atoms with Crippen LogP contribution in [0.3, 0.4) is 0 Å². The van der Waals surface area contributed by atoms with Crippen molar-refractivity contribution < 1.29 is 9.53 Å². The summed E-state index contributed by atoms with van der Waals surface area (Å²) in [6.45, 7) is 0.723. The number of allylic oxidation sites excluding steroid dienone is 1. The summed E-state index contributed by atoms with van der Waals surface area (Å²) in [5.41, 5.74) is 2.07. The van der Waals surface area contributed by atoms with Crippen LogP contribution in [0.5, 0.6) is 0 Å². The lowest BCUT2D eigenvalue weighted by molar-refractivity contribution is -0.120. The molecule has 2 rings (SSSR count). The normalized spacial score (nSPS) is 15.4. The number of hydrogen-bond acceptors (Lipinski definition) is 2. The van der Waals surface area contributed by atoms with Gasteiger partial charge in [0, 0.05) is 0 Å². The van der Waals surface area contributed by atoms with Crippen molar-refractivity contribution in [1.29, 1.82) is 0 Å². The Kier molecular flexibility index (Phi) is 4.51. The van der Waals surface area contributed by atoms with Crippen LogP contribution in [0.25, 0.3) is 0 Å². The van der Waals surface area contributed by atoms with Gasteiger partial charge in [-0.3, -0.25) is 4.79 Å². The number of hydrogen-bond donors (Lipinski definition) is 0. The summed E-state index contributed by atoms with van der Waals surface area (Å²) in [6.07, 6.45) is 6.38. The summed E-state index contributed by atoms with van der Waals surface area (Å²) in [7, 11) is 0. The van der Waals surface area contributed by atoms with Crippen LogP contribution in [0.15, 0.2) is 42.0 Å². The van der Waals surface area contributed by atoms with Crippen molar-refractivity contribution in [1.82, 2.24) is 0 Å². The van der Waals surface area contributed by atoms with E-state index in [0.29, 0.717) is 6.61 Å². The van der Waals surface area contributed by atoms with Crippen LogP contribution in [-0.4, -0.2) is 12.4 Å². The molecule has 0 aromatic heterocycles. The summed E-state index contributed by atoms with van der Waals surface area (Å²) >= 11 is 0. The molecule has 0 heterocycles. The first-order chi connectivity index (χ1) is 8.36. The standard InChI is InChI=1S/C15H18O2/c16-15(14-9-5-2-6-10-14)12-17-11-13-7-3-1-4-8-13/h1,3-4,7-9H,2,5-6,10-12H2. The maximum Gasteiger partial charge on any atom is 0.184 e. The second kappa shape index (κ2) is 6.36. The lowest BCUT2D eigenvalue weighted by Gasteiger charge is -2.11. The first kappa shape index (κ1) is 12.1. The minimum absolute atomic E-state index is 0.153. The lowest BCUT2D eigenvalue weighted by atomic mass is 9.97. The molecule has 1 aliphatic carbocycles. The van der Waals surface area contributed by atoms with Gasteiger partial charge in [0.05, 0.1) is 6.61 Å². The van der Waals surface area contributed by atoms with Crippen molar-refractivity contribution >= 4 is 5.78 Å². The Bertz CT molecular complexity index is 393. The topological polar surface area (TPSA) is 26.3 Å². The number of ketones is 1. The fourth-order valence-electron chi connectivity index (χ4n) is 2.02. The van der Waals surface area contributed by atoms with E-state index < -0.39 is 0 Å². The van der Waals surface area contributed by atoms with E-state index in [2.05, 4.69) is 6.08 Å². The Hall–Kier alpha value is -1.41. The predicted octanol–water partition coefficient (Wildman–Crippen LogP) is 3.27. The molecule has 1 aromatic rings. The van der Waals surface area contributed by atoms with Gasteiger partial charge in [-0.1, -0.05) is 36.4 Å². The fourth-order valence-corrected chi connectivity index (χ4v) is 2.02. The molecule has 0 amide bonds. The number of rotatable bonds is 5. The van der Waals surface area contributed by atoms with Crippen LogP contribution in [-0.2, 0) is 16.1 Å². The van der Waals surface area contributed by atoms with Crippen molar-refractivity contribution in [3.63, 3.8) is 0 Å². The second-order valence-electron chi connectivity index (χ2n) is 4.38. The Labute approximate surface area is 102 Å². The van der Waals surface area contributed by atoms with Crippen LogP contribution in [0.2, 0.25) is 0 Å². The summed E-state index contributed by atoms with van der Waals surface area (Å²) in [4.78, 5) is 11.8. The molecule has 17 heavy (non-hydrogen) atoms. The molecule has 0 fully saturated rings. The van der Waals surface area contributed by atoms with Gasteiger partial charge in [0.15, 0.2) is 5.78 Å². The zero-order valence-electron chi connectivity index (χ0n) is 10.0. The molecule has 2 heteroatoms. The van der Waals surface area contributed by atoms with E-state index in [1.54, 1.807) is 0 Å². The zero-order valence-corrected chi connectivity index (χ0v) is 10.0. The Morgan fingerprint density at radius 2 is 2.00 bits per heavy atom. The largest absolute Gasteiger partial charge is 0.369 e. The molecule has 90 valence electrons. The van der Waals surface area contributed by atoms with E-state index in [1.807, 2.05) is 30.3 Å². The third kappa shape index (κ3) is 3.82. The second-order valence-corrected chi connectivity index (χ2v) is 4.38. The predicted molar refractivity (Wildman–Crippen MR) is 67.7 cm³/mol. The van der Waals surface area contributed by atoms with Gasteiger partial charge in [-0.15, -0.1) is 0 Å². The van der Waals surface area contributed by atoms with Crippen LogP contribution in [0.4, 0.5) is 0 Å². The Balaban J connectivity index is 1.75. The molecule has 2 nitrogen and oxygen atoms in total. The van der Waals surface area contributed by atoms with Crippen molar-refractivity contribution in [2.24, 2.45) is 0 Å². The molecule has 0 saturated heterocycles. The summed E-state index contributed by atoms with van der Waals surface area (Å²) in [5.74, 6) is 0.153. The highest BCUT2D eigenvalue weighted by Gasteiger charge is 2.12. The maximum atomic E-state index is 11.8. The molecule has 0 aliphatic heterocycles. The number of carbonyl (C=O) groups excluding carboxylic acids is 1. The van der Waals surface area contributed by atoms with Crippen molar-refractivity contribution in [2.75, 3.05) is 6.61 Å². The molecule has 1 aliphatic rings. The van der Waals surface area contributed by atoms with Crippen LogP contribution in [0, 0.1) is 0 Å². The molecule has 0 saturated carbocycles. The minimum atomic E-state index is 0.153. The van der Waals surface area contributed by atoms with Crippen LogP contribution < -0.4 is 0 Å². The van der Waals surface area contributed by atoms with Gasteiger partial charge in [0.2, 0.25) is 0 Å². The highest BCUT2D eigenvalue weighted by molar-refractivity contribution is 5.96. The molecule has 0 bridgehead atoms. The molecule has 0 unspecified atom stereocenters. The monoisotopic (exact) mass is 230 g/mol. The van der Waals surface area contributed by atoms with Gasteiger partial charge in [0.1, 0.15) is 6.61 Å². The molecule has 0 N–H and O–H groups in total. The van der Waals surface area contributed by atoms with E-state index in [1.165, 1.54) is 6.42 Å². The van der Waals surface area contributed by atoms with Crippen LogP contribution in [0.1, 0.15) is 31.2 Å². The first-order valence-electron chi connectivity index (χ1n) is 6.20. The average Bonchev–Trinajstić information content (AvgIpc) is 2.41. The van der Waals surface area contributed by atoms with E-state index in [0.717, 1.165) is 30.4 Å². The summed E-state index contributed by atoms with van der Waals surface area (Å²) in [6, 6.07) is 9.94. The van der Waals surface area contributed by atoms with Gasteiger partial charge in [-0.05, 0) is 36.8 Å². The highest BCUT2D eigenvalue weighted by Crippen LogP contribution is 2.18. The first-order valence-corrected chi connectivity index (χ1v) is 6.20.